The first kappa shape index (κ1) is 17.6. The lowest BCUT2D eigenvalue weighted by Crippen LogP contribution is -2.08. The van der Waals surface area contributed by atoms with E-state index in [-0.39, 0.29) is 0 Å². The van der Waals surface area contributed by atoms with Gasteiger partial charge in [-0.3, -0.25) is 0 Å². The van der Waals surface area contributed by atoms with Gasteiger partial charge in [0.1, 0.15) is 11.6 Å². The van der Waals surface area contributed by atoms with Gasteiger partial charge in [-0.1, -0.05) is 6.07 Å². The van der Waals surface area contributed by atoms with Crippen LogP contribution in [0, 0.1) is 6.92 Å². The highest BCUT2D eigenvalue weighted by Gasteiger charge is 2.06. The Morgan fingerprint density at radius 2 is 1.81 bits per heavy atom. The molecule has 0 saturated carbocycles. The Balaban J connectivity index is 1.66. The number of aryl methyl sites for hydroxylation is 1. The fourth-order valence-electron chi connectivity index (χ4n) is 2.50. The molecule has 0 aliphatic rings. The van der Waals surface area contributed by atoms with Crippen LogP contribution >= 0.6 is 0 Å². The highest BCUT2D eigenvalue weighted by molar-refractivity contribution is 5.46. The molecule has 136 valence electrons. The molecule has 7 nitrogen and oxygen atoms in total. The molecule has 0 unspecified atom stereocenters. The molecular formula is C19H22N4O3. The molecular weight excluding hydrogens is 332 g/mol. The molecule has 3 rings (SSSR count). The number of furan rings is 1. The van der Waals surface area contributed by atoms with Crippen molar-refractivity contribution in [2.75, 3.05) is 24.9 Å². The van der Waals surface area contributed by atoms with Gasteiger partial charge >= 0.3 is 0 Å². The Labute approximate surface area is 152 Å². The first-order chi connectivity index (χ1) is 12.7. The Bertz CT molecular complexity index is 850. The number of nitrogens with zero attached hydrogens (tertiary/aromatic N) is 2. The van der Waals surface area contributed by atoms with Gasteiger partial charge in [-0.2, -0.15) is 4.98 Å². The number of hydrogen-bond acceptors (Lipinski definition) is 7. The maximum Gasteiger partial charge on any atom is 0.225 e. The predicted octanol–water partition coefficient (Wildman–Crippen LogP) is 3.62. The highest BCUT2D eigenvalue weighted by atomic mass is 16.5. The Kier molecular flexibility index (Phi) is 5.58. The zero-order valence-electron chi connectivity index (χ0n) is 15.1. The summed E-state index contributed by atoms with van der Waals surface area (Å²) in [5.41, 5.74) is 1.93. The van der Waals surface area contributed by atoms with Crippen molar-refractivity contribution in [2.45, 2.75) is 20.0 Å². The van der Waals surface area contributed by atoms with Gasteiger partial charge in [-0.05, 0) is 36.8 Å². The van der Waals surface area contributed by atoms with Gasteiger partial charge in [0, 0.05) is 18.3 Å². The number of anilines is 2. The smallest absolute Gasteiger partial charge is 0.225 e. The topological polar surface area (TPSA) is 81.4 Å². The van der Waals surface area contributed by atoms with E-state index in [1.165, 1.54) is 0 Å². The minimum absolute atomic E-state index is 0.533. The van der Waals surface area contributed by atoms with E-state index in [1.807, 2.05) is 43.3 Å². The number of benzene rings is 1. The molecule has 0 atom stereocenters. The second-order valence-corrected chi connectivity index (χ2v) is 5.69. The van der Waals surface area contributed by atoms with Crippen molar-refractivity contribution in [3.8, 4) is 11.5 Å². The van der Waals surface area contributed by atoms with E-state index in [0.29, 0.717) is 30.5 Å². The molecule has 0 aliphatic heterocycles. The van der Waals surface area contributed by atoms with Crippen molar-refractivity contribution in [2.24, 2.45) is 0 Å². The summed E-state index contributed by atoms with van der Waals surface area (Å²) in [5.74, 6) is 3.53. The van der Waals surface area contributed by atoms with Crippen LogP contribution in [-0.2, 0) is 13.1 Å². The van der Waals surface area contributed by atoms with Crippen molar-refractivity contribution in [1.29, 1.82) is 0 Å². The van der Waals surface area contributed by atoms with Gasteiger partial charge in [-0.25, -0.2) is 4.98 Å². The lowest BCUT2D eigenvalue weighted by atomic mass is 10.2. The van der Waals surface area contributed by atoms with Gasteiger partial charge in [-0.15, -0.1) is 0 Å². The monoisotopic (exact) mass is 354 g/mol. The van der Waals surface area contributed by atoms with E-state index in [9.17, 15) is 0 Å². The number of hydrogen-bond donors (Lipinski definition) is 2. The van der Waals surface area contributed by atoms with Crippen LogP contribution in [0.25, 0.3) is 0 Å². The lowest BCUT2D eigenvalue weighted by Gasteiger charge is -2.12. The van der Waals surface area contributed by atoms with Crippen molar-refractivity contribution < 1.29 is 13.9 Å². The van der Waals surface area contributed by atoms with E-state index in [0.717, 1.165) is 22.8 Å². The van der Waals surface area contributed by atoms with Crippen molar-refractivity contribution >= 4 is 11.8 Å². The molecule has 0 fully saturated rings. The van der Waals surface area contributed by atoms with Crippen LogP contribution in [0.2, 0.25) is 0 Å². The van der Waals surface area contributed by atoms with Crippen LogP contribution in [0.15, 0.2) is 47.1 Å². The molecule has 2 heterocycles. The average Bonchev–Trinajstić information content (AvgIpc) is 3.17. The maximum absolute atomic E-state index is 5.34. The van der Waals surface area contributed by atoms with Gasteiger partial charge in [0.05, 0.1) is 27.0 Å². The third-order valence-corrected chi connectivity index (χ3v) is 3.78. The molecule has 0 radical (unpaired) electrons. The summed E-state index contributed by atoms with van der Waals surface area (Å²) in [4.78, 5) is 8.89. The molecule has 3 aromatic rings. The SMILES string of the molecule is COc1ccc(CNc2cc(C)nc(NCc3ccco3)n2)cc1OC. The van der Waals surface area contributed by atoms with E-state index in [4.69, 9.17) is 13.9 Å². The second-order valence-electron chi connectivity index (χ2n) is 5.69. The Morgan fingerprint density at radius 3 is 2.54 bits per heavy atom. The van der Waals surface area contributed by atoms with Crippen LogP contribution in [0.5, 0.6) is 11.5 Å². The second kappa shape index (κ2) is 8.24. The number of aromatic nitrogens is 2. The van der Waals surface area contributed by atoms with Gasteiger partial charge in [0.2, 0.25) is 5.95 Å². The summed E-state index contributed by atoms with van der Waals surface area (Å²) in [6, 6.07) is 11.5. The number of rotatable bonds is 8. The number of nitrogens with one attached hydrogen (secondary N) is 2. The Morgan fingerprint density at radius 1 is 0.962 bits per heavy atom. The number of ether oxygens (including phenoxy) is 2. The zero-order chi connectivity index (χ0) is 18.4. The van der Waals surface area contributed by atoms with E-state index >= 15 is 0 Å². The Hall–Kier alpha value is -3.22. The normalized spacial score (nSPS) is 10.4. The average molecular weight is 354 g/mol. The number of methoxy groups -OCH3 is 2. The first-order valence-corrected chi connectivity index (χ1v) is 8.24. The molecule has 26 heavy (non-hydrogen) atoms. The molecule has 0 bridgehead atoms. The third-order valence-electron chi connectivity index (χ3n) is 3.78. The minimum Gasteiger partial charge on any atom is -0.493 e. The van der Waals surface area contributed by atoms with Crippen LogP contribution in [0.4, 0.5) is 11.8 Å². The van der Waals surface area contributed by atoms with Crippen LogP contribution in [0.1, 0.15) is 17.0 Å². The molecule has 7 heteroatoms. The van der Waals surface area contributed by atoms with Crippen molar-refractivity contribution in [1.82, 2.24) is 9.97 Å². The zero-order valence-corrected chi connectivity index (χ0v) is 15.1. The van der Waals surface area contributed by atoms with E-state index < -0.39 is 0 Å². The fraction of sp³-hybridized carbons (Fsp3) is 0.263. The molecule has 0 aliphatic carbocycles. The van der Waals surface area contributed by atoms with Crippen molar-refractivity contribution in [3.63, 3.8) is 0 Å². The summed E-state index contributed by atoms with van der Waals surface area (Å²) in [6.07, 6.45) is 1.64. The van der Waals surface area contributed by atoms with E-state index in [2.05, 4.69) is 20.6 Å². The molecule has 0 amide bonds. The lowest BCUT2D eigenvalue weighted by molar-refractivity contribution is 0.354. The third kappa shape index (κ3) is 4.44. The standard InChI is InChI=1S/C19H22N4O3/c1-13-9-18(23-19(22-13)21-12-15-5-4-8-26-15)20-11-14-6-7-16(24-2)17(10-14)25-3/h4-10H,11-12H2,1-3H3,(H2,20,21,22,23). The van der Waals surface area contributed by atoms with Gasteiger partial charge < -0.3 is 24.5 Å². The summed E-state index contributed by atoms with van der Waals surface area (Å²) in [7, 11) is 3.25. The van der Waals surface area contributed by atoms with Gasteiger partial charge in [0.25, 0.3) is 0 Å². The first-order valence-electron chi connectivity index (χ1n) is 8.24. The molecule has 2 aromatic heterocycles. The van der Waals surface area contributed by atoms with Crippen LogP contribution in [-0.4, -0.2) is 24.2 Å². The van der Waals surface area contributed by atoms with Crippen LogP contribution in [0.3, 0.4) is 0 Å². The quantitative estimate of drug-likeness (QED) is 0.639. The van der Waals surface area contributed by atoms with Gasteiger partial charge in [0.15, 0.2) is 11.5 Å². The summed E-state index contributed by atoms with van der Waals surface area (Å²) >= 11 is 0. The highest BCUT2D eigenvalue weighted by Crippen LogP contribution is 2.27. The predicted molar refractivity (Wildman–Crippen MR) is 99.7 cm³/mol. The summed E-state index contributed by atoms with van der Waals surface area (Å²) in [6.45, 7) is 3.07. The minimum atomic E-state index is 0.533. The fourth-order valence-corrected chi connectivity index (χ4v) is 2.50. The van der Waals surface area contributed by atoms with Crippen molar-refractivity contribution in [3.05, 3.63) is 59.7 Å². The summed E-state index contributed by atoms with van der Waals surface area (Å²) in [5, 5.41) is 6.48. The molecule has 0 saturated heterocycles. The molecule has 0 spiro atoms. The summed E-state index contributed by atoms with van der Waals surface area (Å²) < 4.78 is 15.9. The van der Waals surface area contributed by atoms with Crippen LogP contribution < -0.4 is 20.1 Å². The van der Waals surface area contributed by atoms with E-state index in [1.54, 1.807) is 20.5 Å². The molecule has 2 N–H and O–H groups in total. The molecule has 1 aromatic carbocycles. The maximum atomic E-state index is 5.34. The largest absolute Gasteiger partial charge is 0.493 e.